The molecule has 1 aromatic heterocycles. The highest BCUT2D eigenvalue weighted by molar-refractivity contribution is 8.01. The normalized spacial score (nSPS) is 20.5. The van der Waals surface area contributed by atoms with Gasteiger partial charge in [0, 0.05) is 6.07 Å². The van der Waals surface area contributed by atoms with Crippen LogP contribution < -0.4 is 15.1 Å². The van der Waals surface area contributed by atoms with Crippen LogP contribution in [0, 0.1) is 35.8 Å². The van der Waals surface area contributed by atoms with Gasteiger partial charge in [0.1, 0.15) is 5.57 Å². The first kappa shape index (κ1) is 31.4. The lowest BCUT2D eigenvalue weighted by molar-refractivity contribution is -0.387. The molecule has 0 radical (unpaired) electrons. The molecule has 1 saturated carbocycles. The summed E-state index contributed by atoms with van der Waals surface area (Å²) in [5.41, 5.74) is 2.82. The lowest BCUT2D eigenvalue weighted by Crippen LogP contribution is -2.54. The summed E-state index contributed by atoms with van der Waals surface area (Å²) < 4.78 is 1.23. The number of nitrogens with zero attached hydrogens (tertiary/aromatic N) is 4. The first-order valence-electron chi connectivity index (χ1n) is 15.2. The molecular formula is C34H27N5O7S2. The van der Waals surface area contributed by atoms with Gasteiger partial charge in [0.15, 0.2) is 4.34 Å². The maximum atomic E-state index is 13.4. The second-order valence-corrected chi connectivity index (χ2v) is 14.3. The third kappa shape index (κ3) is 5.46. The molecule has 14 heteroatoms. The molecule has 242 valence electrons. The topological polar surface area (TPSA) is 160 Å². The molecule has 3 heterocycles. The third-order valence-corrected chi connectivity index (χ3v) is 11.1. The minimum absolute atomic E-state index is 0.161. The zero-order valence-corrected chi connectivity index (χ0v) is 27.4. The quantitative estimate of drug-likeness (QED) is 0.0808. The minimum Gasteiger partial charge on any atom is -0.274 e. The smallest absolute Gasteiger partial charge is 0.274 e. The molecule has 6 amide bonds. The largest absolute Gasteiger partial charge is 0.335 e. The van der Waals surface area contributed by atoms with Crippen molar-refractivity contribution >= 4 is 86.1 Å². The first-order chi connectivity index (χ1) is 23.0. The Morgan fingerprint density at radius 2 is 1.58 bits per heavy atom. The van der Waals surface area contributed by atoms with Crippen molar-refractivity contribution in [3.8, 4) is 0 Å². The minimum atomic E-state index is -0.906. The third-order valence-electron chi connectivity index (χ3n) is 8.99. The van der Waals surface area contributed by atoms with Crippen LogP contribution in [-0.4, -0.2) is 39.6 Å². The van der Waals surface area contributed by atoms with Crippen LogP contribution in [0.2, 0.25) is 0 Å². The van der Waals surface area contributed by atoms with Crippen LogP contribution in [0.25, 0.3) is 16.3 Å². The second kappa shape index (κ2) is 12.1. The van der Waals surface area contributed by atoms with E-state index < -0.39 is 22.8 Å². The van der Waals surface area contributed by atoms with Crippen LogP contribution in [0.4, 0.5) is 21.9 Å². The standard InChI is InChI=1S/C34H27N5O7S2/c1-17-7-9-20(13-18(17)2)38-32(43)24(29(40)36-33(38)44)14-19-8-12-27(26(15-19)39(45)46)47-34-35-25-11-10-21(16-28(25)48-34)37-30(41)22-5-3-4-6-23(22)31(37)42/h7-16,22-23H,3-6H2,1-2H3,(H,36,40,44)/b24-14+/t22-,23-/m1/s1. The molecule has 48 heavy (non-hydrogen) atoms. The summed E-state index contributed by atoms with van der Waals surface area (Å²) in [5.74, 6) is -2.61. The molecule has 3 aliphatic rings. The van der Waals surface area contributed by atoms with Crippen molar-refractivity contribution in [1.82, 2.24) is 10.3 Å². The number of nitro benzene ring substituents is 1. The number of hydrogen-bond acceptors (Lipinski definition) is 10. The number of aryl methyl sites for hydroxylation is 2. The summed E-state index contributed by atoms with van der Waals surface area (Å²) >= 11 is 2.36. The maximum absolute atomic E-state index is 13.4. The molecule has 2 atom stereocenters. The Labute approximate surface area is 282 Å². The Hall–Kier alpha value is -5.21. The van der Waals surface area contributed by atoms with Crippen LogP contribution in [0.15, 0.2) is 69.4 Å². The van der Waals surface area contributed by atoms with Crippen LogP contribution >= 0.6 is 23.1 Å². The van der Waals surface area contributed by atoms with Crippen molar-refractivity contribution in [3.05, 3.63) is 87.0 Å². The van der Waals surface area contributed by atoms with Gasteiger partial charge in [-0.05, 0) is 85.9 Å². The van der Waals surface area contributed by atoms with E-state index in [2.05, 4.69) is 10.3 Å². The van der Waals surface area contributed by atoms with E-state index in [9.17, 15) is 34.1 Å². The lowest BCUT2D eigenvalue weighted by Gasteiger charge is -2.26. The van der Waals surface area contributed by atoms with Gasteiger partial charge in [-0.2, -0.15) is 0 Å². The molecule has 4 aromatic rings. The number of fused-ring (bicyclic) bond motifs is 2. The van der Waals surface area contributed by atoms with E-state index in [1.165, 1.54) is 40.5 Å². The zero-order valence-electron chi connectivity index (χ0n) is 25.7. The number of aromatic nitrogens is 1. The van der Waals surface area contributed by atoms with E-state index in [4.69, 9.17) is 0 Å². The van der Waals surface area contributed by atoms with Crippen molar-refractivity contribution in [2.45, 2.75) is 48.8 Å². The van der Waals surface area contributed by atoms with Crippen LogP contribution in [0.1, 0.15) is 42.4 Å². The number of barbiturate groups is 1. The predicted octanol–water partition coefficient (Wildman–Crippen LogP) is 6.32. The van der Waals surface area contributed by atoms with Gasteiger partial charge in [0.2, 0.25) is 11.8 Å². The van der Waals surface area contributed by atoms with Crippen molar-refractivity contribution in [2.24, 2.45) is 11.8 Å². The van der Waals surface area contributed by atoms with Crippen molar-refractivity contribution < 1.29 is 28.9 Å². The molecule has 7 rings (SSSR count). The van der Waals surface area contributed by atoms with Gasteiger partial charge in [-0.1, -0.05) is 36.7 Å². The van der Waals surface area contributed by atoms with E-state index in [0.29, 0.717) is 15.5 Å². The van der Waals surface area contributed by atoms with E-state index in [1.807, 2.05) is 13.8 Å². The van der Waals surface area contributed by atoms with Gasteiger partial charge in [0.05, 0.1) is 43.2 Å². The number of nitrogens with one attached hydrogen (secondary N) is 1. The molecule has 2 saturated heterocycles. The highest BCUT2D eigenvalue weighted by Gasteiger charge is 2.48. The van der Waals surface area contributed by atoms with Gasteiger partial charge in [0.25, 0.3) is 17.5 Å². The Morgan fingerprint density at radius 1 is 0.896 bits per heavy atom. The number of carbonyl (C=O) groups excluding carboxylic acids is 5. The van der Waals surface area contributed by atoms with E-state index >= 15 is 0 Å². The molecular weight excluding hydrogens is 655 g/mol. The van der Waals surface area contributed by atoms with Gasteiger partial charge in [-0.15, -0.1) is 11.3 Å². The highest BCUT2D eigenvalue weighted by Crippen LogP contribution is 2.43. The van der Waals surface area contributed by atoms with E-state index in [0.717, 1.165) is 58.2 Å². The highest BCUT2D eigenvalue weighted by atomic mass is 32.2. The van der Waals surface area contributed by atoms with Gasteiger partial charge in [-0.25, -0.2) is 14.7 Å². The molecule has 12 nitrogen and oxygen atoms in total. The summed E-state index contributed by atoms with van der Waals surface area (Å²) in [7, 11) is 0. The number of carbonyl (C=O) groups is 5. The number of anilines is 2. The molecule has 3 aromatic carbocycles. The Balaban J connectivity index is 1.15. The van der Waals surface area contributed by atoms with Crippen molar-refractivity contribution in [1.29, 1.82) is 0 Å². The second-order valence-electron chi connectivity index (χ2n) is 12.0. The van der Waals surface area contributed by atoms with E-state index in [1.54, 1.807) is 36.4 Å². The molecule has 1 aliphatic carbocycles. The average molecular weight is 682 g/mol. The summed E-state index contributed by atoms with van der Waals surface area (Å²) in [6.07, 6.45) is 4.54. The van der Waals surface area contributed by atoms with Crippen molar-refractivity contribution in [3.63, 3.8) is 0 Å². The van der Waals surface area contributed by atoms with E-state index in [-0.39, 0.29) is 51.1 Å². The summed E-state index contributed by atoms with van der Waals surface area (Å²) in [5, 5.41) is 14.3. The van der Waals surface area contributed by atoms with Crippen LogP contribution in [0.3, 0.4) is 0 Å². The Morgan fingerprint density at radius 3 is 2.27 bits per heavy atom. The number of benzene rings is 3. The maximum Gasteiger partial charge on any atom is 0.335 e. The fourth-order valence-electron chi connectivity index (χ4n) is 6.36. The van der Waals surface area contributed by atoms with Gasteiger partial charge >= 0.3 is 6.03 Å². The Kier molecular flexibility index (Phi) is 7.92. The SMILES string of the molecule is Cc1ccc(N2C(=O)NC(=O)/C(=C\c3ccc(Sc4nc5ccc(N6C(=O)[C@@H]7CCCC[C@H]7C6=O)cc5s4)c([N+](=O)[O-])c3)C2=O)cc1C. The summed E-state index contributed by atoms with van der Waals surface area (Å²) in [4.78, 5) is 83.5. The molecule has 0 unspecified atom stereocenters. The molecule has 1 N–H and O–H groups in total. The molecule has 0 bridgehead atoms. The summed E-state index contributed by atoms with van der Waals surface area (Å²) in [6, 6.07) is 13.6. The number of urea groups is 1. The zero-order chi connectivity index (χ0) is 33.9. The van der Waals surface area contributed by atoms with Gasteiger partial charge in [-0.3, -0.25) is 39.5 Å². The van der Waals surface area contributed by atoms with Crippen molar-refractivity contribution in [2.75, 3.05) is 9.80 Å². The number of imide groups is 3. The number of nitro groups is 1. The average Bonchev–Trinajstić information content (AvgIpc) is 3.57. The predicted molar refractivity (Wildman–Crippen MR) is 180 cm³/mol. The van der Waals surface area contributed by atoms with Crippen LogP contribution in [-0.2, 0) is 19.2 Å². The fourth-order valence-corrected chi connectivity index (χ4v) is 8.50. The number of hydrogen-bond donors (Lipinski definition) is 1. The fraction of sp³-hybridized carbons (Fsp3) is 0.235. The molecule has 2 aliphatic heterocycles. The number of rotatable bonds is 6. The summed E-state index contributed by atoms with van der Waals surface area (Å²) in [6.45, 7) is 3.72. The molecule has 0 spiro atoms. The number of thiazole rings is 1. The van der Waals surface area contributed by atoms with Crippen LogP contribution in [0.5, 0.6) is 0 Å². The monoisotopic (exact) mass is 681 g/mol. The molecule has 3 fully saturated rings. The first-order valence-corrected chi connectivity index (χ1v) is 16.9. The van der Waals surface area contributed by atoms with Gasteiger partial charge < -0.3 is 0 Å². The lowest BCUT2D eigenvalue weighted by atomic mass is 9.81. The Bertz CT molecular complexity index is 2120. The number of amides is 6.